The molecule has 0 bridgehead atoms. The van der Waals surface area contributed by atoms with Gasteiger partial charge in [-0.05, 0) is 26.0 Å². The van der Waals surface area contributed by atoms with Crippen molar-refractivity contribution in [2.75, 3.05) is 13.1 Å². The van der Waals surface area contributed by atoms with Crippen LogP contribution in [0.5, 0.6) is 0 Å². The molecule has 0 amide bonds. The fraction of sp³-hybridized carbons (Fsp3) is 0.500. The van der Waals surface area contributed by atoms with Gasteiger partial charge in [0.15, 0.2) is 0 Å². The number of nitrogens with zero attached hydrogens (tertiary/aromatic N) is 1. The Labute approximate surface area is 111 Å². The van der Waals surface area contributed by atoms with Crippen molar-refractivity contribution < 1.29 is 17.2 Å². The van der Waals surface area contributed by atoms with Crippen LogP contribution in [-0.4, -0.2) is 37.9 Å². The molecule has 0 radical (unpaired) electrons. The lowest BCUT2D eigenvalue weighted by Gasteiger charge is -2.35. The number of nitrogens with one attached hydrogen (secondary N) is 1. The van der Waals surface area contributed by atoms with Crippen molar-refractivity contribution in [3.8, 4) is 0 Å². The molecule has 2 atom stereocenters. The summed E-state index contributed by atoms with van der Waals surface area (Å²) >= 11 is 0. The van der Waals surface area contributed by atoms with Gasteiger partial charge in [-0.3, -0.25) is 0 Å². The molecule has 1 N–H and O–H groups in total. The second-order valence-corrected chi connectivity index (χ2v) is 6.77. The highest BCUT2D eigenvalue weighted by molar-refractivity contribution is 7.89. The van der Waals surface area contributed by atoms with Crippen molar-refractivity contribution in [2.24, 2.45) is 0 Å². The van der Waals surface area contributed by atoms with E-state index < -0.39 is 26.6 Å². The van der Waals surface area contributed by atoms with E-state index in [0.29, 0.717) is 6.07 Å². The molecule has 19 heavy (non-hydrogen) atoms. The van der Waals surface area contributed by atoms with Gasteiger partial charge in [-0.15, -0.1) is 0 Å². The maximum absolute atomic E-state index is 13.6. The van der Waals surface area contributed by atoms with Crippen LogP contribution in [-0.2, 0) is 10.0 Å². The molecule has 1 heterocycles. The summed E-state index contributed by atoms with van der Waals surface area (Å²) in [6.45, 7) is 4.26. The average molecular weight is 290 g/mol. The Hall–Kier alpha value is -1.05. The second-order valence-electron chi connectivity index (χ2n) is 4.87. The van der Waals surface area contributed by atoms with Gasteiger partial charge >= 0.3 is 0 Å². The Bertz CT molecular complexity index is 567. The van der Waals surface area contributed by atoms with Crippen LogP contribution in [0.15, 0.2) is 23.1 Å². The molecule has 0 unspecified atom stereocenters. The van der Waals surface area contributed by atoms with E-state index in [1.807, 2.05) is 13.8 Å². The molecule has 0 saturated carbocycles. The van der Waals surface area contributed by atoms with Crippen LogP contribution in [0.2, 0.25) is 0 Å². The summed E-state index contributed by atoms with van der Waals surface area (Å²) < 4.78 is 52.4. The van der Waals surface area contributed by atoms with Gasteiger partial charge in [0.25, 0.3) is 0 Å². The first-order valence-corrected chi connectivity index (χ1v) is 7.46. The zero-order valence-electron chi connectivity index (χ0n) is 10.7. The number of halogens is 2. The van der Waals surface area contributed by atoms with E-state index in [4.69, 9.17) is 0 Å². The van der Waals surface area contributed by atoms with Crippen LogP contribution >= 0.6 is 0 Å². The first-order chi connectivity index (χ1) is 8.80. The zero-order valence-corrected chi connectivity index (χ0v) is 11.5. The smallest absolute Gasteiger partial charge is 0.246 e. The van der Waals surface area contributed by atoms with Gasteiger partial charge in [0.2, 0.25) is 10.0 Å². The fourth-order valence-corrected chi connectivity index (χ4v) is 3.96. The van der Waals surface area contributed by atoms with E-state index in [1.165, 1.54) is 4.31 Å². The molecule has 1 fully saturated rings. The highest BCUT2D eigenvalue weighted by atomic mass is 32.2. The number of rotatable bonds is 2. The summed E-state index contributed by atoms with van der Waals surface area (Å²) in [7, 11) is -3.92. The van der Waals surface area contributed by atoms with Crippen LogP contribution in [0.1, 0.15) is 13.8 Å². The van der Waals surface area contributed by atoms with Crippen molar-refractivity contribution in [1.29, 1.82) is 0 Å². The average Bonchev–Trinajstić information content (AvgIpc) is 2.26. The van der Waals surface area contributed by atoms with E-state index >= 15 is 0 Å². The molecule has 0 aromatic heterocycles. The monoisotopic (exact) mass is 290 g/mol. The van der Waals surface area contributed by atoms with Crippen molar-refractivity contribution in [3.05, 3.63) is 29.8 Å². The van der Waals surface area contributed by atoms with Crippen molar-refractivity contribution in [1.82, 2.24) is 9.62 Å². The van der Waals surface area contributed by atoms with Crippen molar-refractivity contribution in [3.63, 3.8) is 0 Å². The minimum atomic E-state index is -3.92. The van der Waals surface area contributed by atoms with Crippen LogP contribution in [0.3, 0.4) is 0 Å². The van der Waals surface area contributed by atoms with Crippen LogP contribution in [0.25, 0.3) is 0 Å². The van der Waals surface area contributed by atoms with Gasteiger partial charge in [0.05, 0.1) is 0 Å². The van der Waals surface area contributed by atoms with Crippen LogP contribution in [0, 0.1) is 11.6 Å². The maximum Gasteiger partial charge on any atom is 0.246 e. The number of sulfonamides is 1. The predicted octanol–water partition coefficient (Wildman–Crippen LogP) is 1.34. The van der Waals surface area contributed by atoms with Gasteiger partial charge < -0.3 is 5.32 Å². The Morgan fingerprint density at radius 2 is 1.79 bits per heavy atom. The summed E-state index contributed by atoms with van der Waals surface area (Å²) in [5, 5.41) is 3.20. The minimum absolute atomic E-state index is 0.0120. The van der Waals surface area contributed by atoms with E-state index in [-0.39, 0.29) is 25.2 Å². The lowest BCUT2D eigenvalue weighted by Crippen LogP contribution is -2.55. The molecule has 0 spiro atoms. The Morgan fingerprint density at radius 3 is 2.32 bits per heavy atom. The summed E-state index contributed by atoms with van der Waals surface area (Å²) in [4.78, 5) is -0.477. The van der Waals surface area contributed by atoms with Gasteiger partial charge in [-0.1, -0.05) is 0 Å². The van der Waals surface area contributed by atoms with Gasteiger partial charge in [0, 0.05) is 31.2 Å². The first-order valence-electron chi connectivity index (χ1n) is 6.02. The highest BCUT2D eigenvalue weighted by Gasteiger charge is 2.33. The molecular weight excluding hydrogens is 274 g/mol. The SMILES string of the molecule is C[C@H]1CN(S(=O)(=O)c2ccc(F)cc2F)C[C@H](C)N1. The molecule has 4 nitrogen and oxygen atoms in total. The molecule has 0 aliphatic carbocycles. The molecule has 7 heteroatoms. The molecule has 2 rings (SSSR count). The highest BCUT2D eigenvalue weighted by Crippen LogP contribution is 2.22. The Balaban J connectivity index is 2.36. The lowest BCUT2D eigenvalue weighted by atomic mass is 10.2. The van der Waals surface area contributed by atoms with E-state index in [2.05, 4.69) is 5.32 Å². The van der Waals surface area contributed by atoms with Gasteiger partial charge in [0.1, 0.15) is 16.5 Å². The zero-order chi connectivity index (χ0) is 14.2. The Kier molecular flexibility index (Phi) is 3.89. The molecule has 106 valence electrons. The van der Waals surface area contributed by atoms with Crippen molar-refractivity contribution in [2.45, 2.75) is 30.8 Å². The van der Waals surface area contributed by atoms with Crippen LogP contribution < -0.4 is 5.32 Å². The summed E-state index contributed by atoms with van der Waals surface area (Å²) in [5.74, 6) is -1.85. The minimum Gasteiger partial charge on any atom is -0.309 e. The second kappa shape index (κ2) is 5.15. The van der Waals surface area contributed by atoms with Gasteiger partial charge in [-0.25, -0.2) is 17.2 Å². The van der Waals surface area contributed by atoms with E-state index in [1.54, 1.807) is 0 Å². The molecule has 1 aliphatic rings. The van der Waals surface area contributed by atoms with Crippen molar-refractivity contribution >= 4 is 10.0 Å². The summed E-state index contributed by atoms with van der Waals surface area (Å²) in [5.41, 5.74) is 0. The fourth-order valence-electron chi connectivity index (χ4n) is 2.30. The quantitative estimate of drug-likeness (QED) is 0.894. The standard InChI is InChI=1S/C12H16F2N2O2S/c1-8-6-16(7-9(2)15-8)19(17,18)12-4-3-10(13)5-11(12)14/h3-5,8-9,15H,6-7H2,1-2H3/t8-,9-/m0/s1. The predicted molar refractivity (Wildman–Crippen MR) is 67.2 cm³/mol. The molecule has 1 aliphatic heterocycles. The first kappa shape index (κ1) is 14.4. The molecule has 1 saturated heterocycles. The molecular formula is C12H16F2N2O2S. The topological polar surface area (TPSA) is 49.4 Å². The lowest BCUT2D eigenvalue weighted by molar-refractivity contribution is 0.262. The normalized spacial score (nSPS) is 25.5. The molecule has 1 aromatic rings. The van der Waals surface area contributed by atoms with E-state index in [9.17, 15) is 17.2 Å². The third-order valence-corrected chi connectivity index (χ3v) is 4.90. The van der Waals surface area contributed by atoms with E-state index in [0.717, 1.165) is 12.1 Å². The summed E-state index contributed by atoms with van der Waals surface area (Å²) in [6, 6.07) is 2.48. The largest absolute Gasteiger partial charge is 0.309 e. The third kappa shape index (κ3) is 2.93. The summed E-state index contributed by atoms with van der Waals surface area (Å²) in [6.07, 6.45) is 0. The molecule has 1 aromatic carbocycles. The Morgan fingerprint density at radius 1 is 1.21 bits per heavy atom. The number of hydrogen-bond donors (Lipinski definition) is 1. The number of piperazine rings is 1. The van der Waals surface area contributed by atoms with Crippen LogP contribution in [0.4, 0.5) is 8.78 Å². The third-order valence-electron chi connectivity index (χ3n) is 3.04. The number of hydrogen-bond acceptors (Lipinski definition) is 3. The number of benzene rings is 1. The van der Waals surface area contributed by atoms with Gasteiger partial charge in [-0.2, -0.15) is 4.31 Å². The maximum atomic E-state index is 13.6.